The quantitative estimate of drug-likeness (QED) is 0.685. The second-order valence-corrected chi connectivity index (χ2v) is 5.87. The third-order valence-corrected chi connectivity index (χ3v) is 4.05. The van der Waals surface area contributed by atoms with Crippen molar-refractivity contribution in [3.8, 4) is 12.1 Å². The van der Waals surface area contributed by atoms with E-state index in [9.17, 15) is 10.1 Å². The fraction of sp³-hybridized carbons (Fsp3) is 0.211. The van der Waals surface area contributed by atoms with Gasteiger partial charge in [0.25, 0.3) is 5.91 Å². The summed E-state index contributed by atoms with van der Waals surface area (Å²) in [4.78, 5) is 12.2. The van der Waals surface area contributed by atoms with Crippen molar-refractivity contribution in [2.24, 2.45) is 5.92 Å². The molecule has 1 N–H and O–H groups in total. The van der Waals surface area contributed by atoms with Crippen molar-refractivity contribution < 1.29 is 9.21 Å². The predicted molar refractivity (Wildman–Crippen MR) is 88.6 cm³/mol. The summed E-state index contributed by atoms with van der Waals surface area (Å²) in [5, 5.41) is 20.6. The Balaban J connectivity index is 1.72. The van der Waals surface area contributed by atoms with Crippen LogP contribution in [0.2, 0.25) is 0 Å². The Morgan fingerprint density at radius 3 is 2.54 bits per heavy atom. The zero-order valence-electron chi connectivity index (χ0n) is 13.1. The Bertz CT molecular complexity index is 879. The Morgan fingerprint density at radius 2 is 1.96 bits per heavy atom. The highest BCUT2D eigenvalue weighted by Gasteiger charge is 2.36. The van der Waals surface area contributed by atoms with E-state index in [4.69, 9.17) is 9.68 Å². The predicted octanol–water partition coefficient (Wildman–Crippen LogP) is 3.82. The molecule has 5 heteroatoms. The zero-order chi connectivity index (χ0) is 17.1. The van der Waals surface area contributed by atoms with Crippen LogP contribution < -0.4 is 5.32 Å². The van der Waals surface area contributed by atoms with E-state index < -0.39 is 5.91 Å². The fourth-order valence-corrected chi connectivity index (χ4v) is 2.48. The summed E-state index contributed by atoms with van der Waals surface area (Å²) in [7, 11) is 0. The van der Waals surface area contributed by atoms with Gasteiger partial charge in [0.05, 0.1) is 11.6 Å². The van der Waals surface area contributed by atoms with Crippen molar-refractivity contribution in [3.05, 3.63) is 59.1 Å². The molecule has 2 unspecified atom stereocenters. The van der Waals surface area contributed by atoms with Gasteiger partial charge in [-0.3, -0.25) is 4.79 Å². The number of nitriles is 2. The molecule has 0 radical (unpaired) electrons. The molecule has 0 saturated heterocycles. The molecule has 1 aliphatic rings. The Hall–Kier alpha value is -3.31. The molecule has 118 valence electrons. The summed E-state index contributed by atoms with van der Waals surface area (Å²) >= 11 is 0. The van der Waals surface area contributed by atoms with Gasteiger partial charge in [0.15, 0.2) is 0 Å². The van der Waals surface area contributed by atoms with Gasteiger partial charge in [-0.2, -0.15) is 10.5 Å². The molecule has 1 fully saturated rings. The van der Waals surface area contributed by atoms with Gasteiger partial charge in [-0.25, -0.2) is 0 Å². The molecule has 2 atom stereocenters. The smallest absolute Gasteiger partial charge is 0.266 e. The first kappa shape index (κ1) is 15.6. The molecule has 1 aliphatic carbocycles. The van der Waals surface area contributed by atoms with Crippen molar-refractivity contribution >= 4 is 17.7 Å². The number of furan rings is 1. The Labute approximate surface area is 139 Å². The Kier molecular flexibility index (Phi) is 4.18. The molecule has 1 heterocycles. The number of nitrogens with one attached hydrogen (secondary N) is 1. The number of benzene rings is 1. The number of hydrogen-bond donors (Lipinski definition) is 1. The average Bonchev–Trinajstić information content (AvgIpc) is 3.14. The minimum absolute atomic E-state index is 0.0379. The number of carbonyl (C=O) groups excluding carboxylic acids is 1. The number of nitrogens with zero attached hydrogens (tertiary/aromatic N) is 2. The lowest BCUT2D eigenvalue weighted by molar-refractivity contribution is -0.112. The minimum Gasteiger partial charge on any atom is -0.461 e. The highest BCUT2D eigenvalue weighted by Crippen LogP contribution is 2.47. The van der Waals surface area contributed by atoms with Crippen LogP contribution in [0.5, 0.6) is 0 Å². The van der Waals surface area contributed by atoms with Crippen molar-refractivity contribution in [1.29, 1.82) is 10.5 Å². The van der Waals surface area contributed by atoms with E-state index in [1.165, 1.54) is 6.08 Å². The molecule has 2 aromatic rings. The SMILES string of the molecule is CC1CC1c1ccc(C=C(C#N)C(=O)Nc2ccc(C#N)cc2)o1. The molecule has 3 rings (SSSR count). The van der Waals surface area contributed by atoms with E-state index in [0.717, 1.165) is 12.2 Å². The first-order valence-corrected chi connectivity index (χ1v) is 7.63. The topological polar surface area (TPSA) is 89.8 Å². The molecule has 1 amide bonds. The van der Waals surface area contributed by atoms with Crippen LogP contribution in [-0.2, 0) is 4.79 Å². The summed E-state index contributed by atoms with van der Waals surface area (Å²) in [5.41, 5.74) is 0.984. The maximum Gasteiger partial charge on any atom is 0.266 e. The maximum absolute atomic E-state index is 12.2. The molecule has 5 nitrogen and oxygen atoms in total. The fourth-order valence-electron chi connectivity index (χ4n) is 2.48. The van der Waals surface area contributed by atoms with Crippen molar-refractivity contribution in [2.45, 2.75) is 19.3 Å². The van der Waals surface area contributed by atoms with E-state index >= 15 is 0 Å². The van der Waals surface area contributed by atoms with Gasteiger partial charge in [0, 0.05) is 17.7 Å². The van der Waals surface area contributed by atoms with Crippen molar-refractivity contribution in [3.63, 3.8) is 0 Å². The number of rotatable bonds is 4. The number of carbonyl (C=O) groups is 1. The number of amides is 1. The first-order chi connectivity index (χ1) is 11.6. The van der Waals surface area contributed by atoms with E-state index in [1.54, 1.807) is 30.3 Å². The van der Waals surface area contributed by atoms with E-state index in [0.29, 0.717) is 28.8 Å². The van der Waals surface area contributed by atoms with Crippen LogP contribution in [0.15, 0.2) is 46.4 Å². The van der Waals surface area contributed by atoms with Gasteiger partial charge in [0.1, 0.15) is 23.2 Å². The molecule has 1 aromatic heterocycles. The normalized spacial score (nSPS) is 19.2. The lowest BCUT2D eigenvalue weighted by Gasteiger charge is -2.03. The van der Waals surface area contributed by atoms with Crippen molar-refractivity contribution in [2.75, 3.05) is 5.32 Å². The van der Waals surface area contributed by atoms with Crippen molar-refractivity contribution in [1.82, 2.24) is 0 Å². The summed E-state index contributed by atoms with van der Waals surface area (Å²) in [6.07, 6.45) is 2.55. The number of anilines is 1. The second-order valence-electron chi connectivity index (χ2n) is 5.87. The first-order valence-electron chi connectivity index (χ1n) is 7.63. The van der Waals surface area contributed by atoms with Gasteiger partial charge >= 0.3 is 0 Å². The van der Waals surface area contributed by atoms with Crippen LogP contribution in [0.3, 0.4) is 0 Å². The van der Waals surface area contributed by atoms with Crippen LogP contribution >= 0.6 is 0 Å². The van der Waals surface area contributed by atoms with Crippen LogP contribution in [-0.4, -0.2) is 5.91 Å². The summed E-state index contributed by atoms with van der Waals surface area (Å²) in [6.45, 7) is 2.16. The van der Waals surface area contributed by atoms with Gasteiger partial charge in [-0.15, -0.1) is 0 Å². The lowest BCUT2D eigenvalue weighted by Crippen LogP contribution is -2.13. The highest BCUT2D eigenvalue weighted by atomic mass is 16.3. The standard InChI is InChI=1S/C19H15N3O2/c1-12-8-17(12)18-7-6-16(24-18)9-14(11-21)19(23)22-15-4-2-13(10-20)3-5-15/h2-7,9,12,17H,8H2,1H3,(H,22,23). The highest BCUT2D eigenvalue weighted by molar-refractivity contribution is 6.09. The molecular formula is C19H15N3O2. The van der Waals surface area contributed by atoms with Crippen LogP contribution in [0.25, 0.3) is 6.08 Å². The summed E-state index contributed by atoms with van der Waals surface area (Å²) in [6, 6.07) is 14.0. The third-order valence-electron chi connectivity index (χ3n) is 4.05. The van der Waals surface area contributed by atoms with Crippen LogP contribution in [0, 0.1) is 28.6 Å². The molecule has 0 spiro atoms. The molecule has 0 aliphatic heterocycles. The molecule has 24 heavy (non-hydrogen) atoms. The molecule has 1 saturated carbocycles. The van der Waals surface area contributed by atoms with Gasteiger partial charge < -0.3 is 9.73 Å². The minimum atomic E-state index is -0.514. The summed E-state index contributed by atoms with van der Waals surface area (Å²) < 4.78 is 5.70. The molecule has 1 aromatic carbocycles. The van der Waals surface area contributed by atoms with Crippen LogP contribution in [0.4, 0.5) is 5.69 Å². The van der Waals surface area contributed by atoms with Gasteiger partial charge in [-0.1, -0.05) is 6.92 Å². The summed E-state index contributed by atoms with van der Waals surface area (Å²) in [5.74, 6) is 1.96. The lowest BCUT2D eigenvalue weighted by atomic mass is 10.2. The third kappa shape index (κ3) is 3.37. The van der Waals surface area contributed by atoms with E-state index in [2.05, 4.69) is 12.2 Å². The monoisotopic (exact) mass is 317 g/mol. The second kappa shape index (κ2) is 6.44. The average molecular weight is 317 g/mol. The van der Waals surface area contributed by atoms with E-state index in [1.807, 2.05) is 18.2 Å². The van der Waals surface area contributed by atoms with E-state index in [-0.39, 0.29) is 5.57 Å². The largest absolute Gasteiger partial charge is 0.461 e. The zero-order valence-corrected chi connectivity index (χ0v) is 13.1. The maximum atomic E-state index is 12.2. The Morgan fingerprint density at radius 1 is 1.25 bits per heavy atom. The molecular weight excluding hydrogens is 302 g/mol. The van der Waals surface area contributed by atoms with Gasteiger partial charge in [0.2, 0.25) is 0 Å². The van der Waals surface area contributed by atoms with Gasteiger partial charge in [-0.05, 0) is 48.7 Å². The number of hydrogen-bond acceptors (Lipinski definition) is 4. The molecule has 0 bridgehead atoms. The van der Waals surface area contributed by atoms with Crippen LogP contribution in [0.1, 0.15) is 36.3 Å².